The molecule has 0 aromatic heterocycles. The first kappa shape index (κ1) is 26.0. The average molecular weight is 423 g/mol. The molecule has 0 aromatic rings. The summed E-state index contributed by atoms with van der Waals surface area (Å²) in [5, 5.41) is 14.1. The molecule has 0 bridgehead atoms. The topological polar surface area (TPSA) is 125 Å². The molecule has 5 N–H and O–H groups in total. The number of carboxylic acids is 1. The Balaban J connectivity index is 4.18. The number of carbonyl (C=O) groups is 3. The van der Waals surface area contributed by atoms with Crippen molar-refractivity contribution < 1.29 is 19.5 Å². The van der Waals surface area contributed by atoms with Crippen molar-refractivity contribution in [2.24, 2.45) is 5.73 Å². The Kier molecular flexibility index (Phi) is 12.8. The zero-order valence-electron chi connectivity index (χ0n) is 16.9. The minimum Gasteiger partial charge on any atom is -0.480 e. The maximum absolute atomic E-state index is 11.9. The molecule has 0 aliphatic heterocycles. The van der Waals surface area contributed by atoms with E-state index in [0.29, 0.717) is 18.6 Å². The molecular formula is C17H34N4O4S2. The van der Waals surface area contributed by atoms with E-state index in [1.807, 2.05) is 19.0 Å². The van der Waals surface area contributed by atoms with Gasteiger partial charge in [-0.05, 0) is 39.9 Å². The van der Waals surface area contributed by atoms with Gasteiger partial charge in [-0.1, -0.05) is 42.4 Å². The third kappa shape index (κ3) is 14.7. The monoisotopic (exact) mass is 422 g/mol. The van der Waals surface area contributed by atoms with E-state index in [9.17, 15) is 19.5 Å². The highest BCUT2D eigenvalue weighted by Crippen LogP contribution is 2.34. The van der Waals surface area contributed by atoms with Gasteiger partial charge in [0.2, 0.25) is 11.8 Å². The van der Waals surface area contributed by atoms with Gasteiger partial charge in [0.05, 0.1) is 12.6 Å². The van der Waals surface area contributed by atoms with Crippen LogP contribution in [0.1, 0.15) is 40.0 Å². The first-order valence-electron chi connectivity index (χ1n) is 8.93. The van der Waals surface area contributed by atoms with Crippen molar-refractivity contribution in [3.8, 4) is 0 Å². The van der Waals surface area contributed by atoms with Crippen molar-refractivity contribution in [2.45, 2.75) is 56.9 Å². The molecule has 0 heterocycles. The largest absolute Gasteiger partial charge is 0.480 e. The zero-order valence-corrected chi connectivity index (χ0v) is 18.5. The molecule has 27 heavy (non-hydrogen) atoms. The number of amides is 2. The summed E-state index contributed by atoms with van der Waals surface area (Å²) in [5.41, 5.74) is 5.81. The second-order valence-corrected chi connectivity index (χ2v) is 10.7. The number of nitrogens with two attached hydrogens (primary N) is 1. The first-order valence-corrected chi connectivity index (χ1v) is 11.2. The third-order valence-corrected chi connectivity index (χ3v) is 6.67. The summed E-state index contributed by atoms with van der Waals surface area (Å²) in [6.45, 7) is 6.78. The molecule has 0 rings (SSSR count). The lowest BCUT2D eigenvalue weighted by molar-refractivity contribution is -0.142. The van der Waals surface area contributed by atoms with Gasteiger partial charge in [0.15, 0.2) is 0 Å². The Morgan fingerprint density at radius 1 is 1.19 bits per heavy atom. The van der Waals surface area contributed by atoms with Crippen molar-refractivity contribution >= 4 is 39.4 Å². The maximum Gasteiger partial charge on any atom is 0.326 e. The molecule has 0 saturated carbocycles. The van der Waals surface area contributed by atoms with Crippen molar-refractivity contribution in [3.05, 3.63) is 0 Å². The van der Waals surface area contributed by atoms with Crippen LogP contribution in [0.5, 0.6) is 0 Å². The number of hydrogen-bond donors (Lipinski definition) is 4. The van der Waals surface area contributed by atoms with Crippen LogP contribution in [-0.2, 0) is 14.4 Å². The van der Waals surface area contributed by atoms with E-state index in [0.717, 1.165) is 13.0 Å². The van der Waals surface area contributed by atoms with E-state index >= 15 is 0 Å². The molecule has 0 aromatic carbocycles. The van der Waals surface area contributed by atoms with Crippen LogP contribution in [0.2, 0.25) is 0 Å². The van der Waals surface area contributed by atoms with Crippen LogP contribution in [-0.4, -0.2) is 77.6 Å². The van der Waals surface area contributed by atoms with Gasteiger partial charge >= 0.3 is 5.97 Å². The van der Waals surface area contributed by atoms with Gasteiger partial charge in [-0.25, -0.2) is 4.79 Å². The highest BCUT2D eigenvalue weighted by Gasteiger charge is 2.21. The number of carbonyl (C=O) groups excluding carboxylic acids is 2. The highest BCUT2D eigenvalue weighted by molar-refractivity contribution is 8.77. The fourth-order valence-corrected chi connectivity index (χ4v) is 4.36. The van der Waals surface area contributed by atoms with E-state index in [4.69, 9.17) is 5.73 Å². The van der Waals surface area contributed by atoms with Gasteiger partial charge < -0.3 is 26.4 Å². The second kappa shape index (κ2) is 13.2. The predicted molar refractivity (Wildman–Crippen MR) is 113 cm³/mol. The number of nitrogens with one attached hydrogen (secondary N) is 2. The fourth-order valence-electron chi connectivity index (χ4n) is 1.94. The summed E-state index contributed by atoms with van der Waals surface area (Å²) in [6.07, 6.45) is 1.89. The fraction of sp³-hybridized carbons (Fsp3) is 0.824. The molecule has 0 unspecified atom stereocenters. The van der Waals surface area contributed by atoms with Crippen LogP contribution < -0.4 is 16.4 Å². The second-order valence-electron chi connectivity index (χ2n) is 7.56. The molecule has 0 spiro atoms. The van der Waals surface area contributed by atoms with Gasteiger partial charge in [0.1, 0.15) is 6.04 Å². The molecule has 8 nitrogen and oxygen atoms in total. The molecule has 0 radical (unpaired) electrons. The zero-order chi connectivity index (χ0) is 21.0. The van der Waals surface area contributed by atoms with Crippen LogP contribution in [0.3, 0.4) is 0 Å². The Hall–Kier alpha value is -0.970. The first-order chi connectivity index (χ1) is 12.4. The van der Waals surface area contributed by atoms with Crippen LogP contribution in [0, 0.1) is 0 Å². The van der Waals surface area contributed by atoms with Crippen molar-refractivity contribution in [2.75, 3.05) is 32.9 Å². The Morgan fingerprint density at radius 2 is 1.81 bits per heavy atom. The number of hydrogen-bond acceptors (Lipinski definition) is 7. The van der Waals surface area contributed by atoms with Crippen LogP contribution in [0.4, 0.5) is 0 Å². The minimum absolute atomic E-state index is 0.0686. The molecule has 10 heteroatoms. The van der Waals surface area contributed by atoms with Gasteiger partial charge in [-0.2, -0.15) is 0 Å². The standard InChI is InChI=1S/C17H34N4O4S2/c1-17(2,3)27-26-11-12(18)15(23)19-10-14(22)20-13(16(24)25)8-6-7-9-21(4)5/h12-13H,6-11,18H2,1-5H3,(H,19,23)(H,20,22)(H,24,25)/t12-,13-/m0/s1. The summed E-state index contributed by atoms with van der Waals surface area (Å²) in [7, 11) is 7.04. The lowest BCUT2D eigenvalue weighted by Gasteiger charge is -2.18. The quantitative estimate of drug-likeness (QED) is 0.255. The number of carboxylic acid groups (broad SMARTS) is 1. The Morgan fingerprint density at radius 3 is 2.33 bits per heavy atom. The number of aliphatic carboxylic acids is 1. The molecule has 0 aliphatic carbocycles. The van der Waals surface area contributed by atoms with Gasteiger partial charge in [-0.15, -0.1) is 0 Å². The van der Waals surface area contributed by atoms with E-state index in [-0.39, 0.29) is 11.3 Å². The van der Waals surface area contributed by atoms with Crippen LogP contribution in [0.25, 0.3) is 0 Å². The van der Waals surface area contributed by atoms with Gasteiger partial charge in [-0.3, -0.25) is 9.59 Å². The van der Waals surface area contributed by atoms with Crippen molar-refractivity contribution in [1.82, 2.24) is 15.5 Å². The highest BCUT2D eigenvalue weighted by atomic mass is 33.1. The normalized spacial score (nSPS) is 13.9. The molecule has 0 aliphatic rings. The molecule has 0 saturated heterocycles. The van der Waals surface area contributed by atoms with Crippen LogP contribution in [0.15, 0.2) is 0 Å². The summed E-state index contributed by atoms with van der Waals surface area (Å²) in [4.78, 5) is 37.2. The predicted octanol–water partition coefficient (Wildman–Crippen LogP) is 0.911. The third-order valence-electron chi connectivity index (χ3n) is 3.30. The molecule has 2 amide bonds. The summed E-state index contributed by atoms with van der Waals surface area (Å²) in [6, 6.07) is -1.68. The lowest BCUT2D eigenvalue weighted by Crippen LogP contribution is -2.49. The molecule has 158 valence electrons. The number of nitrogens with zero attached hydrogens (tertiary/aromatic N) is 1. The maximum atomic E-state index is 11.9. The SMILES string of the molecule is CN(C)CCCC[C@H](NC(=O)CNC(=O)[C@@H](N)CSSC(C)(C)C)C(=O)O. The summed E-state index contributed by atoms with van der Waals surface area (Å²) in [5.74, 6) is -1.61. The lowest BCUT2D eigenvalue weighted by atomic mass is 10.1. The Labute approximate surface area is 170 Å². The molecule has 0 fully saturated rings. The number of unbranched alkanes of at least 4 members (excludes halogenated alkanes) is 1. The van der Waals surface area contributed by atoms with Gasteiger partial charge in [0.25, 0.3) is 0 Å². The van der Waals surface area contributed by atoms with E-state index in [1.54, 1.807) is 10.8 Å². The smallest absolute Gasteiger partial charge is 0.326 e. The van der Waals surface area contributed by atoms with Crippen molar-refractivity contribution in [3.63, 3.8) is 0 Å². The summed E-state index contributed by atoms with van der Waals surface area (Å²) >= 11 is 0. The van der Waals surface area contributed by atoms with E-state index < -0.39 is 29.9 Å². The molecular weight excluding hydrogens is 388 g/mol. The average Bonchev–Trinajstić information content (AvgIpc) is 2.53. The Bertz CT molecular complexity index is 484. The molecule has 2 atom stereocenters. The minimum atomic E-state index is -1.08. The van der Waals surface area contributed by atoms with E-state index in [1.165, 1.54) is 10.8 Å². The summed E-state index contributed by atoms with van der Waals surface area (Å²) < 4.78 is 0.0686. The number of rotatable bonds is 13. The van der Waals surface area contributed by atoms with Gasteiger partial charge in [0, 0.05) is 10.5 Å². The van der Waals surface area contributed by atoms with Crippen molar-refractivity contribution in [1.29, 1.82) is 0 Å². The van der Waals surface area contributed by atoms with Crippen LogP contribution >= 0.6 is 21.6 Å². The van der Waals surface area contributed by atoms with E-state index in [2.05, 4.69) is 31.4 Å².